The van der Waals surface area contributed by atoms with E-state index in [0.29, 0.717) is 17.2 Å². The van der Waals surface area contributed by atoms with Crippen LogP contribution in [0, 0.1) is 5.82 Å². The van der Waals surface area contributed by atoms with Crippen molar-refractivity contribution in [1.29, 1.82) is 0 Å². The van der Waals surface area contributed by atoms with Crippen LogP contribution < -0.4 is 20.1 Å². The number of hydrogen-bond donors (Lipinski definition) is 2. The highest BCUT2D eigenvalue weighted by molar-refractivity contribution is 6.34. The minimum absolute atomic E-state index is 0.0554. The van der Waals surface area contributed by atoms with E-state index in [2.05, 4.69) is 10.6 Å². The third kappa shape index (κ3) is 4.66. The van der Waals surface area contributed by atoms with Crippen LogP contribution in [0.15, 0.2) is 54.6 Å². The molecule has 0 spiro atoms. The van der Waals surface area contributed by atoms with Gasteiger partial charge in [0.1, 0.15) is 5.82 Å². The number of rotatable bonds is 6. The van der Waals surface area contributed by atoms with Crippen molar-refractivity contribution in [2.75, 3.05) is 24.9 Å². The zero-order chi connectivity index (χ0) is 25.2. The van der Waals surface area contributed by atoms with Gasteiger partial charge in [0.15, 0.2) is 11.5 Å². The number of pyridine rings is 1. The van der Waals surface area contributed by atoms with E-state index < -0.39 is 11.7 Å². The van der Waals surface area contributed by atoms with Gasteiger partial charge in [-0.15, -0.1) is 0 Å². The highest BCUT2D eigenvalue weighted by Crippen LogP contribution is 2.38. The predicted molar refractivity (Wildman–Crippen MR) is 141 cm³/mol. The number of nitrogens with zero attached hydrogens (tertiary/aromatic N) is 1. The van der Waals surface area contributed by atoms with Crippen LogP contribution in [-0.4, -0.2) is 25.1 Å². The fraction of sp³-hybridized carbons (Fsp3) is 0.214. The topological polar surface area (TPSA) is 72.5 Å². The number of halogens is 2. The van der Waals surface area contributed by atoms with Crippen LogP contribution in [0.2, 0.25) is 5.02 Å². The molecule has 4 aromatic rings. The normalized spacial score (nSPS) is 12.7. The molecule has 5 rings (SSSR count). The number of carbonyl (C=O) groups is 1. The molecule has 8 heteroatoms. The van der Waals surface area contributed by atoms with E-state index in [1.165, 1.54) is 17.7 Å². The maximum atomic E-state index is 13.4. The summed E-state index contributed by atoms with van der Waals surface area (Å²) in [6, 6.07) is 15.0. The Kier molecular flexibility index (Phi) is 6.65. The summed E-state index contributed by atoms with van der Waals surface area (Å²) >= 11 is 6.09. The monoisotopic (exact) mass is 505 g/mol. The molecular formula is C28H25ClFN3O3. The Balaban J connectivity index is 1.56. The van der Waals surface area contributed by atoms with Gasteiger partial charge in [-0.3, -0.25) is 9.78 Å². The minimum Gasteiger partial charge on any atom is -0.493 e. The Hall–Kier alpha value is -3.84. The number of methoxy groups -OCH3 is 2. The molecule has 6 nitrogen and oxygen atoms in total. The number of amides is 1. The molecule has 0 atom stereocenters. The van der Waals surface area contributed by atoms with E-state index in [9.17, 15) is 9.18 Å². The number of anilines is 3. The van der Waals surface area contributed by atoms with Crippen molar-refractivity contribution in [3.8, 4) is 11.5 Å². The minimum atomic E-state index is -0.496. The van der Waals surface area contributed by atoms with Gasteiger partial charge < -0.3 is 20.1 Å². The Morgan fingerprint density at radius 2 is 1.72 bits per heavy atom. The number of carbonyl (C=O) groups excluding carboxylic acids is 1. The SMILES string of the molecule is COc1ccc(Nc2c3c(nc4ccc(NC(=O)c5ccc(F)cc5Cl)cc24)CCCC3)cc1OC. The molecular weight excluding hydrogens is 481 g/mol. The van der Waals surface area contributed by atoms with E-state index >= 15 is 0 Å². The lowest BCUT2D eigenvalue weighted by Gasteiger charge is -2.22. The van der Waals surface area contributed by atoms with E-state index in [0.717, 1.165) is 59.7 Å². The maximum Gasteiger partial charge on any atom is 0.257 e. The van der Waals surface area contributed by atoms with Crippen molar-refractivity contribution in [2.45, 2.75) is 25.7 Å². The van der Waals surface area contributed by atoms with Gasteiger partial charge in [-0.05, 0) is 79.8 Å². The summed E-state index contributed by atoms with van der Waals surface area (Å²) in [5.74, 6) is 0.358. The molecule has 0 aliphatic heterocycles. The summed E-state index contributed by atoms with van der Waals surface area (Å²) in [6.45, 7) is 0. The number of fused-ring (bicyclic) bond motifs is 2. The molecule has 0 bridgehead atoms. The molecule has 1 aliphatic carbocycles. The highest BCUT2D eigenvalue weighted by Gasteiger charge is 2.20. The van der Waals surface area contributed by atoms with Gasteiger partial charge in [0.25, 0.3) is 5.91 Å². The van der Waals surface area contributed by atoms with Gasteiger partial charge in [0.2, 0.25) is 0 Å². The smallest absolute Gasteiger partial charge is 0.257 e. The van der Waals surface area contributed by atoms with Crippen LogP contribution in [0.5, 0.6) is 11.5 Å². The first-order valence-corrected chi connectivity index (χ1v) is 12.1. The standard InChI is InChI=1S/C28H25ClFN3O3/c1-35-25-12-9-18(15-26(25)36-2)31-27-20-5-3-4-6-23(20)33-24-11-8-17(14-21(24)27)32-28(34)19-10-7-16(30)13-22(19)29/h7-15H,3-6H2,1-2H3,(H,31,33)(H,32,34). The van der Waals surface area contributed by atoms with Gasteiger partial charge in [-0.1, -0.05) is 11.6 Å². The Bertz CT molecular complexity index is 1470. The average molecular weight is 506 g/mol. The Morgan fingerprint density at radius 1 is 0.944 bits per heavy atom. The molecule has 0 radical (unpaired) electrons. The summed E-state index contributed by atoms with van der Waals surface area (Å²) in [7, 11) is 3.21. The third-order valence-corrected chi connectivity index (χ3v) is 6.66. The summed E-state index contributed by atoms with van der Waals surface area (Å²) < 4.78 is 24.3. The van der Waals surface area contributed by atoms with Crippen molar-refractivity contribution in [3.63, 3.8) is 0 Å². The molecule has 184 valence electrons. The molecule has 0 unspecified atom stereocenters. The summed E-state index contributed by atoms with van der Waals surface area (Å²) in [5.41, 5.74) is 5.68. The first kappa shape index (κ1) is 23.9. The number of aryl methyl sites for hydroxylation is 1. The first-order valence-electron chi connectivity index (χ1n) is 11.7. The van der Waals surface area contributed by atoms with Crippen molar-refractivity contribution in [3.05, 3.63) is 82.3 Å². The van der Waals surface area contributed by atoms with E-state index in [-0.39, 0.29) is 10.6 Å². The molecule has 0 saturated heterocycles. The molecule has 0 saturated carbocycles. The van der Waals surface area contributed by atoms with E-state index in [1.54, 1.807) is 20.3 Å². The molecule has 3 aromatic carbocycles. The van der Waals surface area contributed by atoms with E-state index in [1.807, 2.05) is 30.3 Å². The second-order valence-corrected chi connectivity index (χ2v) is 9.03. The zero-order valence-corrected chi connectivity index (χ0v) is 20.7. The lowest BCUT2D eigenvalue weighted by molar-refractivity contribution is 0.102. The first-order chi connectivity index (χ1) is 17.5. The number of aromatic nitrogens is 1. The quantitative estimate of drug-likeness (QED) is 0.297. The fourth-order valence-electron chi connectivity index (χ4n) is 4.57. The molecule has 1 amide bonds. The molecule has 2 N–H and O–H groups in total. The van der Waals surface area contributed by atoms with Crippen molar-refractivity contribution >= 4 is 45.5 Å². The highest BCUT2D eigenvalue weighted by atomic mass is 35.5. The molecule has 1 heterocycles. The van der Waals surface area contributed by atoms with Gasteiger partial charge >= 0.3 is 0 Å². The lowest BCUT2D eigenvalue weighted by atomic mass is 9.92. The van der Waals surface area contributed by atoms with Crippen LogP contribution >= 0.6 is 11.6 Å². The van der Waals surface area contributed by atoms with Crippen LogP contribution in [-0.2, 0) is 12.8 Å². The third-order valence-electron chi connectivity index (χ3n) is 6.35. The predicted octanol–water partition coefficient (Wildman–Crippen LogP) is 6.92. The number of nitrogens with one attached hydrogen (secondary N) is 2. The summed E-state index contributed by atoms with van der Waals surface area (Å²) in [4.78, 5) is 17.8. The van der Waals surface area contributed by atoms with Gasteiger partial charge in [0, 0.05) is 28.5 Å². The van der Waals surface area contributed by atoms with Gasteiger partial charge in [-0.25, -0.2) is 4.39 Å². The molecule has 0 fully saturated rings. The average Bonchev–Trinajstić information content (AvgIpc) is 2.88. The van der Waals surface area contributed by atoms with Gasteiger partial charge in [-0.2, -0.15) is 0 Å². The molecule has 36 heavy (non-hydrogen) atoms. The summed E-state index contributed by atoms with van der Waals surface area (Å²) in [5, 5.41) is 7.39. The molecule has 1 aliphatic rings. The molecule has 1 aromatic heterocycles. The van der Waals surface area contributed by atoms with Crippen molar-refractivity contribution in [2.24, 2.45) is 0 Å². The fourth-order valence-corrected chi connectivity index (χ4v) is 4.83. The van der Waals surface area contributed by atoms with Crippen molar-refractivity contribution < 1.29 is 18.7 Å². The maximum absolute atomic E-state index is 13.4. The van der Waals surface area contributed by atoms with Crippen molar-refractivity contribution in [1.82, 2.24) is 4.98 Å². The lowest BCUT2D eigenvalue weighted by Crippen LogP contribution is -2.13. The summed E-state index contributed by atoms with van der Waals surface area (Å²) in [6.07, 6.45) is 4.03. The van der Waals surface area contributed by atoms with Crippen LogP contribution in [0.1, 0.15) is 34.5 Å². The largest absolute Gasteiger partial charge is 0.493 e. The Morgan fingerprint density at radius 3 is 2.50 bits per heavy atom. The Labute approximate surface area is 213 Å². The second-order valence-electron chi connectivity index (χ2n) is 8.62. The second kappa shape index (κ2) is 10.0. The van der Waals surface area contributed by atoms with Crippen LogP contribution in [0.3, 0.4) is 0 Å². The number of hydrogen-bond acceptors (Lipinski definition) is 5. The van der Waals surface area contributed by atoms with E-state index in [4.69, 9.17) is 26.1 Å². The zero-order valence-electron chi connectivity index (χ0n) is 20.0. The number of benzene rings is 3. The van der Waals surface area contributed by atoms with Gasteiger partial charge in [0.05, 0.1) is 36.0 Å². The van der Waals surface area contributed by atoms with Crippen LogP contribution in [0.25, 0.3) is 10.9 Å². The van der Waals surface area contributed by atoms with Crippen LogP contribution in [0.4, 0.5) is 21.5 Å². The number of ether oxygens (including phenoxy) is 2.